The zero-order chi connectivity index (χ0) is 25.6. The molecule has 0 aliphatic carbocycles. The van der Waals surface area contributed by atoms with E-state index < -0.39 is 0 Å². The highest BCUT2D eigenvalue weighted by Gasteiger charge is 2.33. The van der Waals surface area contributed by atoms with Gasteiger partial charge in [0.1, 0.15) is 11.5 Å². The number of nitrogens with zero attached hydrogens (tertiary/aromatic N) is 4. The number of hydrogen-bond donors (Lipinski definition) is 0. The average Bonchev–Trinajstić information content (AvgIpc) is 3.60. The van der Waals surface area contributed by atoms with Crippen molar-refractivity contribution in [2.45, 2.75) is 24.3 Å². The van der Waals surface area contributed by atoms with Crippen LogP contribution in [0.4, 0.5) is 0 Å². The third-order valence-corrected chi connectivity index (χ3v) is 6.84. The van der Waals surface area contributed by atoms with Gasteiger partial charge in [0, 0.05) is 6.42 Å². The van der Waals surface area contributed by atoms with E-state index in [2.05, 4.69) is 10.2 Å². The Bertz CT molecular complexity index is 1400. The van der Waals surface area contributed by atoms with Crippen LogP contribution in [0.15, 0.2) is 93.6 Å². The standard InChI is InChI=1S/C27H23ClN4O4S/c1-34-20-13-11-19(12-14-20)23-15-22(18-7-3-2-4-8-18)31-32(23)26(33)17-37-27-30-29-25(36-27)16-35-24-10-6-5-9-21(24)28/h2-14,23H,15-17H2,1H3. The van der Waals surface area contributed by atoms with Gasteiger partial charge in [-0.15, -0.1) is 10.2 Å². The first kappa shape index (κ1) is 24.9. The Hall–Kier alpha value is -3.82. The fourth-order valence-corrected chi connectivity index (χ4v) is 4.70. The van der Waals surface area contributed by atoms with E-state index in [4.69, 9.17) is 30.6 Å². The lowest BCUT2D eigenvalue weighted by atomic mass is 9.98. The summed E-state index contributed by atoms with van der Waals surface area (Å²) in [6, 6.07) is 24.5. The van der Waals surface area contributed by atoms with E-state index in [0.29, 0.717) is 17.2 Å². The lowest BCUT2D eigenvalue weighted by molar-refractivity contribution is -0.130. The molecule has 1 aliphatic heterocycles. The Labute approximate surface area is 223 Å². The number of ether oxygens (including phenoxy) is 2. The Balaban J connectivity index is 1.26. The molecule has 0 saturated carbocycles. The van der Waals surface area contributed by atoms with Gasteiger partial charge in [-0.25, -0.2) is 5.01 Å². The molecule has 3 aromatic carbocycles. The Kier molecular flexibility index (Phi) is 7.72. The number of amides is 1. The van der Waals surface area contributed by atoms with Crippen molar-refractivity contribution in [3.63, 3.8) is 0 Å². The van der Waals surface area contributed by atoms with Crippen molar-refractivity contribution in [1.82, 2.24) is 15.2 Å². The number of hydrazone groups is 1. The predicted molar refractivity (Wildman–Crippen MR) is 141 cm³/mol. The maximum Gasteiger partial charge on any atom is 0.277 e. The molecule has 188 valence electrons. The van der Waals surface area contributed by atoms with E-state index >= 15 is 0 Å². The molecule has 0 saturated heterocycles. The summed E-state index contributed by atoms with van der Waals surface area (Å²) in [5, 5.41) is 15.0. The van der Waals surface area contributed by atoms with Crippen LogP contribution in [0.5, 0.6) is 11.5 Å². The fraction of sp³-hybridized carbons (Fsp3) is 0.185. The topological polar surface area (TPSA) is 90.1 Å². The number of para-hydroxylation sites is 1. The van der Waals surface area contributed by atoms with Gasteiger partial charge in [-0.2, -0.15) is 5.10 Å². The molecule has 5 rings (SSSR count). The van der Waals surface area contributed by atoms with E-state index in [1.54, 1.807) is 24.3 Å². The third kappa shape index (κ3) is 5.95. The SMILES string of the molecule is COc1ccc(C2CC(c3ccccc3)=NN2C(=O)CSc2nnc(COc3ccccc3Cl)o2)cc1. The van der Waals surface area contributed by atoms with Crippen molar-refractivity contribution < 1.29 is 18.7 Å². The molecule has 0 spiro atoms. The Morgan fingerprint density at radius 2 is 1.81 bits per heavy atom. The van der Waals surface area contributed by atoms with E-state index in [1.807, 2.05) is 66.7 Å². The minimum Gasteiger partial charge on any atom is -0.497 e. The molecule has 37 heavy (non-hydrogen) atoms. The van der Waals surface area contributed by atoms with Crippen LogP contribution in [0.3, 0.4) is 0 Å². The summed E-state index contributed by atoms with van der Waals surface area (Å²) in [6.07, 6.45) is 0.608. The first-order chi connectivity index (χ1) is 18.1. The molecule has 1 amide bonds. The number of halogens is 1. The van der Waals surface area contributed by atoms with Gasteiger partial charge in [0.05, 0.1) is 29.6 Å². The molecule has 1 unspecified atom stereocenters. The van der Waals surface area contributed by atoms with Gasteiger partial charge in [-0.1, -0.05) is 78.0 Å². The van der Waals surface area contributed by atoms with Crippen LogP contribution >= 0.6 is 23.4 Å². The van der Waals surface area contributed by atoms with Gasteiger partial charge in [0.25, 0.3) is 17.0 Å². The molecule has 8 nitrogen and oxygen atoms in total. The molecule has 10 heteroatoms. The second-order valence-corrected chi connectivity index (χ2v) is 9.45. The van der Waals surface area contributed by atoms with Crippen molar-refractivity contribution >= 4 is 35.0 Å². The molecule has 0 bridgehead atoms. The summed E-state index contributed by atoms with van der Waals surface area (Å²) >= 11 is 7.27. The van der Waals surface area contributed by atoms with E-state index in [-0.39, 0.29) is 35.4 Å². The summed E-state index contributed by atoms with van der Waals surface area (Å²) in [4.78, 5) is 13.3. The summed E-state index contributed by atoms with van der Waals surface area (Å²) in [7, 11) is 1.63. The first-order valence-electron chi connectivity index (χ1n) is 11.5. The van der Waals surface area contributed by atoms with Crippen LogP contribution in [0, 0.1) is 0 Å². The van der Waals surface area contributed by atoms with Crippen molar-refractivity contribution in [2.75, 3.05) is 12.9 Å². The predicted octanol–water partition coefficient (Wildman–Crippen LogP) is 5.78. The van der Waals surface area contributed by atoms with Crippen molar-refractivity contribution in [1.29, 1.82) is 0 Å². The number of aromatic nitrogens is 2. The highest BCUT2D eigenvalue weighted by molar-refractivity contribution is 7.99. The third-order valence-electron chi connectivity index (χ3n) is 5.73. The molecule has 1 atom stereocenters. The van der Waals surface area contributed by atoms with Gasteiger partial charge < -0.3 is 13.9 Å². The first-order valence-corrected chi connectivity index (χ1v) is 12.9. The van der Waals surface area contributed by atoms with Crippen molar-refractivity contribution in [3.05, 3.63) is 101 Å². The quantitative estimate of drug-likeness (QED) is 0.251. The zero-order valence-electron chi connectivity index (χ0n) is 19.9. The number of carbonyl (C=O) groups excluding carboxylic acids is 1. The summed E-state index contributed by atoms with van der Waals surface area (Å²) in [5.41, 5.74) is 2.83. The molecule has 0 radical (unpaired) electrons. The van der Waals surface area contributed by atoms with Gasteiger partial charge in [0.15, 0.2) is 6.61 Å². The van der Waals surface area contributed by atoms with E-state index in [0.717, 1.165) is 34.3 Å². The van der Waals surface area contributed by atoms with Crippen LogP contribution in [-0.4, -0.2) is 39.7 Å². The highest BCUT2D eigenvalue weighted by atomic mass is 35.5. The largest absolute Gasteiger partial charge is 0.497 e. The van der Waals surface area contributed by atoms with Gasteiger partial charge in [-0.3, -0.25) is 4.79 Å². The second-order valence-electron chi connectivity index (χ2n) is 8.11. The monoisotopic (exact) mass is 534 g/mol. The number of rotatable bonds is 9. The number of benzene rings is 3. The summed E-state index contributed by atoms with van der Waals surface area (Å²) in [6.45, 7) is 0.0711. The highest BCUT2D eigenvalue weighted by Crippen LogP contribution is 2.34. The zero-order valence-corrected chi connectivity index (χ0v) is 21.5. The Morgan fingerprint density at radius 3 is 2.57 bits per heavy atom. The fourth-order valence-electron chi connectivity index (χ4n) is 3.88. The van der Waals surface area contributed by atoms with Crippen LogP contribution in [0.25, 0.3) is 0 Å². The van der Waals surface area contributed by atoms with E-state index in [9.17, 15) is 4.79 Å². The van der Waals surface area contributed by atoms with Crippen LogP contribution in [-0.2, 0) is 11.4 Å². The van der Waals surface area contributed by atoms with Crippen molar-refractivity contribution in [2.24, 2.45) is 5.10 Å². The maximum absolute atomic E-state index is 13.3. The molecular weight excluding hydrogens is 512 g/mol. The summed E-state index contributed by atoms with van der Waals surface area (Å²) in [5.74, 6) is 1.49. The molecule has 1 aromatic heterocycles. The molecule has 0 fully saturated rings. The van der Waals surface area contributed by atoms with Gasteiger partial charge in [-0.05, 0) is 35.4 Å². The normalized spacial score (nSPS) is 14.9. The number of carbonyl (C=O) groups is 1. The van der Waals surface area contributed by atoms with Crippen molar-refractivity contribution in [3.8, 4) is 11.5 Å². The molecule has 4 aromatic rings. The number of hydrogen-bond acceptors (Lipinski definition) is 8. The van der Waals surface area contributed by atoms with Gasteiger partial charge >= 0.3 is 0 Å². The lowest BCUT2D eigenvalue weighted by Gasteiger charge is -2.22. The number of methoxy groups -OCH3 is 1. The van der Waals surface area contributed by atoms with Crippen LogP contribution in [0.2, 0.25) is 5.02 Å². The van der Waals surface area contributed by atoms with Crippen LogP contribution in [0.1, 0.15) is 29.5 Å². The molecule has 1 aliphatic rings. The maximum atomic E-state index is 13.3. The minimum atomic E-state index is -0.225. The second kappa shape index (κ2) is 11.5. The average molecular weight is 535 g/mol. The number of thioether (sulfide) groups is 1. The molecule has 0 N–H and O–H groups in total. The van der Waals surface area contributed by atoms with Gasteiger partial charge in [0.2, 0.25) is 0 Å². The Morgan fingerprint density at radius 1 is 1.05 bits per heavy atom. The molecular formula is C27H23ClN4O4S. The summed E-state index contributed by atoms with van der Waals surface area (Å²) < 4.78 is 16.6. The molecule has 2 heterocycles. The minimum absolute atomic E-state index is 0.0711. The van der Waals surface area contributed by atoms with Crippen LogP contribution < -0.4 is 9.47 Å². The lowest BCUT2D eigenvalue weighted by Crippen LogP contribution is -2.28. The van der Waals surface area contributed by atoms with E-state index in [1.165, 1.54) is 0 Å². The smallest absolute Gasteiger partial charge is 0.277 e.